The first kappa shape index (κ1) is 75.5. The van der Waals surface area contributed by atoms with E-state index < -0.39 is 6.10 Å². The molecule has 0 bridgehead atoms. The van der Waals surface area contributed by atoms with Crippen molar-refractivity contribution >= 4 is 11.9 Å². The van der Waals surface area contributed by atoms with Crippen LogP contribution in [0.2, 0.25) is 0 Å². The summed E-state index contributed by atoms with van der Waals surface area (Å²) in [6, 6.07) is 0. The molecule has 0 aliphatic rings. The van der Waals surface area contributed by atoms with E-state index in [0.717, 1.165) is 128 Å². The van der Waals surface area contributed by atoms with Gasteiger partial charge in [-0.05, 0) is 122 Å². The average Bonchev–Trinajstić information content (AvgIpc) is 3.46. The predicted molar refractivity (Wildman–Crippen MR) is 352 cm³/mol. The van der Waals surface area contributed by atoms with Gasteiger partial charge in [0.05, 0.1) is 6.61 Å². The predicted octanol–water partition coefficient (Wildman–Crippen LogP) is 23.1. The van der Waals surface area contributed by atoms with Crippen molar-refractivity contribution in [3.05, 3.63) is 158 Å². The van der Waals surface area contributed by atoms with Gasteiger partial charge in [0.25, 0.3) is 0 Å². The maximum atomic E-state index is 12.4. The number of unbranched alkanes of at least 4 members (excludes halogenated alkanes) is 25. The van der Waals surface area contributed by atoms with Gasteiger partial charge in [-0.2, -0.15) is 0 Å². The Morgan fingerprint density at radius 1 is 0.287 bits per heavy atom. The maximum Gasteiger partial charge on any atom is 0.306 e. The molecule has 0 aromatic heterocycles. The van der Waals surface area contributed by atoms with Crippen molar-refractivity contribution < 1.29 is 24.2 Å². The molecule has 0 amide bonds. The topological polar surface area (TPSA) is 72.8 Å². The quantitative estimate of drug-likeness (QED) is 0.0373. The van der Waals surface area contributed by atoms with Crippen LogP contribution in [0.1, 0.15) is 284 Å². The molecule has 452 valence electrons. The summed E-state index contributed by atoms with van der Waals surface area (Å²) in [6.45, 7) is 3.92. The zero-order chi connectivity index (χ0) is 57.6. The number of aliphatic hydroxyl groups is 1. The van der Waals surface area contributed by atoms with Crippen LogP contribution in [-0.4, -0.2) is 36.4 Å². The van der Waals surface area contributed by atoms with Gasteiger partial charge in [0.2, 0.25) is 0 Å². The van der Waals surface area contributed by atoms with E-state index in [-0.39, 0.29) is 25.2 Å². The van der Waals surface area contributed by atoms with Crippen LogP contribution in [0.25, 0.3) is 0 Å². The number of hydrogen-bond donors (Lipinski definition) is 1. The standard InChI is InChI=1S/C75H122O5/c1-3-5-7-9-11-13-15-17-19-21-23-25-27-29-31-33-34-35-36-37-38-39-40-42-44-46-48-50-52-54-56-58-60-62-64-66-68-70-75(78)80-73(71-76)72-79-74(77)69-67-65-63-61-59-57-55-53-51-49-47-45-43-41-32-30-28-26-24-22-20-18-16-14-12-10-8-6-4-2/h5-8,11-14,17-20,23-26,29,31,34-35,37-38,40,42,46,48,73,76H,3-4,9-10,15-16,21-22,27-28,30,32-33,36,39,41,43-45,47,49-72H2,1-2H3/b7-5-,8-6-,13-11-,14-12-,19-17-,20-18-,25-23-,26-24-,31-29-,35-34-,38-37-,42-40-,48-46-. The van der Waals surface area contributed by atoms with Gasteiger partial charge < -0.3 is 14.6 Å². The third-order valence-corrected chi connectivity index (χ3v) is 13.8. The summed E-state index contributed by atoms with van der Waals surface area (Å²) < 4.78 is 10.7. The van der Waals surface area contributed by atoms with Crippen LogP contribution in [-0.2, 0) is 19.1 Å². The van der Waals surface area contributed by atoms with E-state index in [1.54, 1.807) is 0 Å². The van der Waals surface area contributed by atoms with Gasteiger partial charge in [-0.1, -0.05) is 307 Å². The van der Waals surface area contributed by atoms with E-state index in [1.165, 1.54) is 128 Å². The highest BCUT2D eigenvalue weighted by Gasteiger charge is 2.16. The summed E-state index contributed by atoms with van der Waals surface area (Å²) >= 11 is 0. The van der Waals surface area contributed by atoms with Crippen molar-refractivity contribution in [2.45, 2.75) is 290 Å². The first-order valence-electron chi connectivity index (χ1n) is 33.0. The molecule has 0 saturated carbocycles. The highest BCUT2D eigenvalue weighted by molar-refractivity contribution is 5.70. The summed E-state index contributed by atoms with van der Waals surface area (Å²) in [4.78, 5) is 24.6. The van der Waals surface area contributed by atoms with E-state index in [2.05, 4.69) is 172 Å². The molecule has 0 aliphatic carbocycles. The van der Waals surface area contributed by atoms with Crippen LogP contribution in [0.5, 0.6) is 0 Å². The van der Waals surface area contributed by atoms with E-state index in [4.69, 9.17) is 9.47 Å². The zero-order valence-corrected chi connectivity index (χ0v) is 51.8. The van der Waals surface area contributed by atoms with Crippen LogP contribution < -0.4 is 0 Å². The molecule has 0 aliphatic heterocycles. The lowest BCUT2D eigenvalue weighted by Gasteiger charge is -2.15. The van der Waals surface area contributed by atoms with Crippen molar-refractivity contribution in [1.82, 2.24) is 0 Å². The van der Waals surface area contributed by atoms with Gasteiger partial charge >= 0.3 is 11.9 Å². The van der Waals surface area contributed by atoms with Crippen molar-refractivity contribution in [3.63, 3.8) is 0 Å². The normalized spacial score (nSPS) is 13.3. The Morgan fingerprint density at radius 3 is 0.750 bits per heavy atom. The molecular formula is C75H122O5. The number of esters is 2. The number of carbonyl (C=O) groups excluding carboxylic acids is 2. The number of carbonyl (C=O) groups is 2. The number of rotatable bonds is 59. The number of hydrogen-bond acceptors (Lipinski definition) is 5. The minimum atomic E-state index is -0.787. The Bertz CT molecular complexity index is 1730. The van der Waals surface area contributed by atoms with E-state index in [0.29, 0.717) is 12.8 Å². The monoisotopic (exact) mass is 1100 g/mol. The lowest BCUT2D eigenvalue weighted by Crippen LogP contribution is -2.28. The molecule has 1 N–H and O–H groups in total. The van der Waals surface area contributed by atoms with Crippen LogP contribution in [0.15, 0.2) is 158 Å². The summed E-state index contributed by atoms with van der Waals surface area (Å²) in [5, 5.41) is 9.69. The Morgan fingerprint density at radius 2 is 0.500 bits per heavy atom. The van der Waals surface area contributed by atoms with Crippen molar-refractivity contribution in [1.29, 1.82) is 0 Å². The number of ether oxygens (including phenoxy) is 2. The molecule has 1 unspecified atom stereocenters. The smallest absolute Gasteiger partial charge is 0.306 e. The maximum absolute atomic E-state index is 12.4. The lowest BCUT2D eigenvalue weighted by atomic mass is 10.0. The fraction of sp³-hybridized carbons (Fsp3) is 0.627. The fourth-order valence-electron chi connectivity index (χ4n) is 8.95. The lowest BCUT2D eigenvalue weighted by molar-refractivity contribution is -0.161. The molecule has 5 heteroatoms. The van der Waals surface area contributed by atoms with Gasteiger partial charge in [-0.25, -0.2) is 0 Å². The van der Waals surface area contributed by atoms with Gasteiger partial charge in [0.1, 0.15) is 6.61 Å². The molecule has 0 saturated heterocycles. The second kappa shape index (κ2) is 68.8. The molecule has 0 rings (SSSR count). The largest absolute Gasteiger partial charge is 0.462 e. The molecule has 80 heavy (non-hydrogen) atoms. The third kappa shape index (κ3) is 66.0. The second-order valence-corrected chi connectivity index (χ2v) is 21.4. The summed E-state index contributed by atoms with van der Waals surface area (Å²) in [5.41, 5.74) is 0. The first-order chi connectivity index (χ1) is 39.6. The SMILES string of the molecule is CC/C=C\C/C=C\C/C=C\C/C=C\C/C=C\C/C=C\C/C=C\C/C=C\C/C=C\CCCCCCCCCCCC(=O)OC(CO)COC(=O)CCCCCCCCCCCCCCCCCC/C=C\C/C=C\C/C=C\C/C=C\CC. The molecule has 1 atom stereocenters. The van der Waals surface area contributed by atoms with Crippen LogP contribution in [0, 0.1) is 0 Å². The van der Waals surface area contributed by atoms with Crippen LogP contribution in [0.3, 0.4) is 0 Å². The molecule has 0 spiro atoms. The summed E-state index contributed by atoms with van der Waals surface area (Å²) in [7, 11) is 0. The molecule has 0 heterocycles. The summed E-state index contributed by atoms with van der Waals surface area (Å²) in [6.07, 6.45) is 105. The van der Waals surface area contributed by atoms with Crippen molar-refractivity contribution in [2.75, 3.05) is 13.2 Å². The minimum Gasteiger partial charge on any atom is -0.462 e. The molecular weight excluding hydrogens is 981 g/mol. The second-order valence-electron chi connectivity index (χ2n) is 21.4. The van der Waals surface area contributed by atoms with Crippen LogP contribution in [0.4, 0.5) is 0 Å². The molecule has 0 aromatic rings. The Balaban J connectivity index is 3.55. The summed E-state index contributed by atoms with van der Waals surface area (Å²) in [5.74, 6) is -0.599. The Hall–Kier alpha value is -4.48. The number of allylic oxidation sites excluding steroid dienone is 26. The molecule has 0 fully saturated rings. The molecule has 0 radical (unpaired) electrons. The molecule has 5 nitrogen and oxygen atoms in total. The number of aliphatic hydroxyl groups excluding tert-OH is 1. The Kier molecular flexibility index (Phi) is 64.9. The average molecular weight is 1100 g/mol. The third-order valence-electron chi connectivity index (χ3n) is 13.8. The first-order valence-corrected chi connectivity index (χ1v) is 33.0. The highest BCUT2D eigenvalue weighted by atomic mass is 16.6. The van der Waals surface area contributed by atoms with Gasteiger partial charge in [0, 0.05) is 12.8 Å². The van der Waals surface area contributed by atoms with Gasteiger partial charge in [-0.15, -0.1) is 0 Å². The van der Waals surface area contributed by atoms with Gasteiger partial charge in [0.15, 0.2) is 6.10 Å². The molecule has 0 aromatic carbocycles. The van der Waals surface area contributed by atoms with E-state index >= 15 is 0 Å². The van der Waals surface area contributed by atoms with Crippen LogP contribution >= 0.6 is 0 Å². The zero-order valence-electron chi connectivity index (χ0n) is 51.8. The van der Waals surface area contributed by atoms with Gasteiger partial charge in [-0.3, -0.25) is 9.59 Å². The van der Waals surface area contributed by atoms with Crippen molar-refractivity contribution in [3.8, 4) is 0 Å². The van der Waals surface area contributed by atoms with E-state index in [9.17, 15) is 14.7 Å². The Labute approximate surface area is 494 Å². The fourth-order valence-corrected chi connectivity index (χ4v) is 8.95. The minimum absolute atomic E-state index is 0.0752. The highest BCUT2D eigenvalue weighted by Crippen LogP contribution is 2.16. The van der Waals surface area contributed by atoms with Crippen molar-refractivity contribution in [2.24, 2.45) is 0 Å². The van der Waals surface area contributed by atoms with E-state index in [1.807, 2.05) is 0 Å².